The van der Waals surface area contributed by atoms with Crippen LogP contribution in [0.1, 0.15) is 74.1 Å². The van der Waals surface area contributed by atoms with Crippen LogP contribution in [0, 0.1) is 34.0 Å². The van der Waals surface area contributed by atoms with Gasteiger partial charge in [0.2, 0.25) is 0 Å². The Morgan fingerprint density at radius 3 is 2.25 bits per heavy atom. The Hall–Kier alpha value is -1.11. The van der Waals surface area contributed by atoms with Crippen molar-refractivity contribution in [2.75, 3.05) is 0 Å². The zero-order chi connectivity index (χ0) is 18.5. The maximum Gasteiger partial charge on any atom is 0.0363 e. The lowest BCUT2D eigenvalue weighted by atomic mass is 9.68. The number of nitrogens with one attached hydrogen (secondary N) is 1. The van der Waals surface area contributed by atoms with Crippen LogP contribution in [0.3, 0.4) is 0 Å². The van der Waals surface area contributed by atoms with Crippen molar-refractivity contribution in [3.8, 4) is 0 Å². The van der Waals surface area contributed by atoms with Crippen LogP contribution in [0.15, 0.2) is 36.0 Å². The fraction of sp³-hybridized carbons (Fsp3) is 0.696. The van der Waals surface area contributed by atoms with Crippen LogP contribution in [0.2, 0.25) is 0 Å². The summed E-state index contributed by atoms with van der Waals surface area (Å²) in [5.74, 6) is 1.49. The molecule has 0 aliphatic heterocycles. The van der Waals surface area contributed by atoms with Crippen molar-refractivity contribution in [2.24, 2.45) is 28.6 Å². The first kappa shape index (κ1) is 20.9. The summed E-state index contributed by atoms with van der Waals surface area (Å²) in [7, 11) is 0. The predicted octanol–water partition coefficient (Wildman–Crippen LogP) is 7.21. The van der Waals surface area contributed by atoms with E-state index in [1.54, 1.807) is 11.8 Å². The third kappa shape index (κ3) is 2.85. The van der Waals surface area contributed by atoms with Gasteiger partial charge < -0.3 is 5.41 Å². The lowest BCUT2D eigenvalue weighted by Gasteiger charge is -2.36. The number of hydrogen-bond acceptors (Lipinski definition) is 1. The molecular weight excluding hydrogens is 290 g/mol. The van der Waals surface area contributed by atoms with Crippen LogP contribution in [-0.4, -0.2) is 6.21 Å². The molecule has 1 N–H and O–H groups in total. The normalized spacial score (nSPS) is 33.0. The molecule has 24 heavy (non-hydrogen) atoms. The molecule has 1 fully saturated rings. The van der Waals surface area contributed by atoms with Crippen molar-refractivity contribution in [1.82, 2.24) is 0 Å². The summed E-state index contributed by atoms with van der Waals surface area (Å²) in [6.45, 7) is 20.1. The molecule has 1 saturated carbocycles. The molecule has 1 aliphatic carbocycles. The van der Waals surface area contributed by atoms with Gasteiger partial charge in [0.05, 0.1) is 0 Å². The smallest absolute Gasteiger partial charge is 0.0363 e. The highest BCUT2D eigenvalue weighted by Crippen LogP contribution is 2.77. The van der Waals surface area contributed by atoms with E-state index in [1.165, 1.54) is 24.8 Å². The fourth-order valence-electron chi connectivity index (χ4n) is 5.33. The van der Waals surface area contributed by atoms with E-state index in [2.05, 4.69) is 73.3 Å². The van der Waals surface area contributed by atoms with Gasteiger partial charge in [-0.15, -0.1) is 6.58 Å². The second kappa shape index (κ2) is 8.32. The Labute approximate surface area is 150 Å². The molecule has 1 aliphatic rings. The van der Waals surface area contributed by atoms with Crippen molar-refractivity contribution < 1.29 is 0 Å². The zero-order valence-corrected chi connectivity index (χ0v) is 17.1. The zero-order valence-electron chi connectivity index (χ0n) is 17.1. The molecular formula is C23H39N. The van der Waals surface area contributed by atoms with Gasteiger partial charge >= 0.3 is 0 Å². The second-order valence-electron chi connectivity index (χ2n) is 7.59. The Morgan fingerprint density at radius 1 is 1.29 bits per heavy atom. The van der Waals surface area contributed by atoms with Crippen LogP contribution < -0.4 is 0 Å². The van der Waals surface area contributed by atoms with Gasteiger partial charge in [-0.05, 0) is 50.9 Å². The summed E-state index contributed by atoms with van der Waals surface area (Å²) in [6, 6.07) is 0. The summed E-state index contributed by atoms with van der Waals surface area (Å²) in [4.78, 5) is 0. The third-order valence-corrected chi connectivity index (χ3v) is 6.90. The molecule has 1 nitrogen and oxygen atoms in total. The first-order valence-corrected chi connectivity index (χ1v) is 9.87. The van der Waals surface area contributed by atoms with Crippen LogP contribution in [0.25, 0.3) is 0 Å². The highest BCUT2D eigenvalue weighted by atomic mass is 14.8. The molecule has 0 bridgehead atoms. The van der Waals surface area contributed by atoms with Gasteiger partial charge in [0.25, 0.3) is 0 Å². The van der Waals surface area contributed by atoms with E-state index in [0.29, 0.717) is 17.8 Å². The molecule has 0 amide bonds. The van der Waals surface area contributed by atoms with Crippen LogP contribution in [0.4, 0.5) is 0 Å². The van der Waals surface area contributed by atoms with E-state index in [-0.39, 0.29) is 10.8 Å². The predicted molar refractivity (Wildman–Crippen MR) is 109 cm³/mol. The second-order valence-corrected chi connectivity index (χ2v) is 7.59. The molecule has 5 atom stereocenters. The molecule has 0 spiro atoms. The van der Waals surface area contributed by atoms with E-state index in [4.69, 9.17) is 5.41 Å². The number of allylic oxidation sites excluding steroid dienone is 5. The minimum Gasteiger partial charge on any atom is -0.312 e. The molecule has 0 radical (unpaired) electrons. The average Bonchev–Trinajstić information content (AvgIpc) is 3.15. The highest BCUT2D eigenvalue weighted by Gasteiger charge is 2.75. The maximum absolute atomic E-state index is 8.23. The summed E-state index contributed by atoms with van der Waals surface area (Å²) < 4.78 is 0. The van der Waals surface area contributed by atoms with E-state index in [1.807, 2.05) is 0 Å². The van der Waals surface area contributed by atoms with Crippen LogP contribution in [-0.2, 0) is 0 Å². The molecule has 0 heterocycles. The fourth-order valence-corrected chi connectivity index (χ4v) is 5.33. The van der Waals surface area contributed by atoms with E-state index in [9.17, 15) is 0 Å². The van der Waals surface area contributed by atoms with Gasteiger partial charge in [-0.3, -0.25) is 0 Å². The first-order valence-electron chi connectivity index (χ1n) is 9.87. The lowest BCUT2D eigenvalue weighted by molar-refractivity contribution is 0.329. The van der Waals surface area contributed by atoms with Crippen molar-refractivity contribution in [1.29, 1.82) is 5.41 Å². The lowest BCUT2D eigenvalue weighted by Crippen LogP contribution is -2.29. The topological polar surface area (TPSA) is 23.9 Å². The summed E-state index contributed by atoms with van der Waals surface area (Å²) >= 11 is 0. The molecule has 1 heteroatoms. The van der Waals surface area contributed by atoms with E-state index in [0.717, 1.165) is 6.42 Å². The van der Waals surface area contributed by atoms with Crippen molar-refractivity contribution in [2.45, 2.75) is 74.1 Å². The number of hydrogen-bond donors (Lipinski definition) is 1. The minimum atomic E-state index is -0.196. The maximum atomic E-state index is 8.23. The number of rotatable bonds is 10. The molecule has 0 saturated heterocycles. The van der Waals surface area contributed by atoms with E-state index >= 15 is 0 Å². The van der Waals surface area contributed by atoms with Gasteiger partial charge in [-0.2, -0.15) is 0 Å². The third-order valence-electron chi connectivity index (χ3n) is 6.90. The summed E-state index contributed by atoms with van der Waals surface area (Å²) in [6.07, 6.45) is 13.2. The van der Waals surface area contributed by atoms with Crippen LogP contribution in [0.5, 0.6) is 0 Å². The highest BCUT2D eigenvalue weighted by molar-refractivity contribution is 5.76. The van der Waals surface area contributed by atoms with Gasteiger partial charge in [0.15, 0.2) is 0 Å². The van der Waals surface area contributed by atoms with Gasteiger partial charge in [0.1, 0.15) is 0 Å². The molecule has 136 valence electrons. The quantitative estimate of drug-likeness (QED) is 0.323. The minimum absolute atomic E-state index is 0.0267. The monoisotopic (exact) mass is 329 g/mol. The van der Waals surface area contributed by atoms with Gasteiger partial charge in [0, 0.05) is 17.0 Å². The van der Waals surface area contributed by atoms with Crippen molar-refractivity contribution in [3.63, 3.8) is 0 Å². The molecule has 0 aromatic rings. The Bertz CT molecular complexity index is 502. The largest absolute Gasteiger partial charge is 0.312 e. The van der Waals surface area contributed by atoms with Gasteiger partial charge in [-0.25, -0.2) is 0 Å². The Kier molecular flexibility index (Phi) is 7.25. The summed E-state index contributed by atoms with van der Waals surface area (Å²) in [5, 5.41) is 8.23. The SMILES string of the molecule is C=CC1(C=N)C(C)C1(/C(=C/CC)C(CC)CCC)C(C)/C(C)=C/C. The molecule has 0 aromatic heterocycles. The molecule has 5 unspecified atom stereocenters. The molecule has 0 aromatic carbocycles. The van der Waals surface area contributed by atoms with Crippen molar-refractivity contribution in [3.05, 3.63) is 36.0 Å². The Morgan fingerprint density at radius 2 is 1.92 bits per heavy atom. The van der Waals surface area contributed by atoms with Crippen LogP contribution >= 0.6 is 0 Å². The van der Waals surface area contributed by atoms with Crippen molar-refractivity contribution >= 4 is 6.21 Å². The van der Waals surface area contributed by atoms with Gasteiger partial charge in [-0.1, -0.05) is 70.4 Å². The first-order chi connectivity index (χ1) is 11.4. The average molecular weight is 330 g/mol. The van der Waals surface area contributed by atoms with E-state index < -0.39 is 0 Å². The molecule has 1 rings (SSSR count). The summed E-state index contributed by atoms with van der Waals surface area (Å²) in [5.41, 5.74) is 2.86. The standard InChI is InChI=1S/C23H39N/c1-9-14-20(12-4)21(15-10-2)23(18(7)17(6)11-3)19(8)22(23,13-5)16-24/h11,13,15-16,18-20,24H,5,9-10,12,14H2,1-4,6-8H3/b17-11+,21-15+,24-16?. The Balaban J connectivity index is 3.62.